The summed E-state index contributed by atoms with van der Waals surface area (Å²) < 4.78 is 13.9. The van der Waals surface area contributed by atoms with Crippen LogP contribution >= 0.6 is 0 Å². The molecular weight excluding hydrogens is 227 g/mol. The number of nitrogens with zero attached hydrogens (tertiary/aromatic N) is 1. The van der Waals surface area contributed by atoms with E-state index in [2.05, 4.69) is 25.7 Å². The maximum atomic E-state index is 13.9. The topological polar surface area (TPSA) is 29.3 Å². The first-order chi connectivity index (χ1) is 8.56. The van der Waals surface area contributed by atoms with E-state index in [1.807, 2.05) is 12.1 Å². The lowest BCUT2D eigenvalue weighted by Crippen LogP contribution is -2.31. The first kappa shape index (κ1) is 15.0. The first-order valence-electron chi connectivity index (χ1n) is 6.83. The van der Waals surface area contributed by atoms with E-state index < -0.39 is 0 Å². The lowest BCUT2D eigenvalue weighted by atomic mass is 10.1. The molecule has 2 nitrogen and oxygen atoms in total. The second-order valence-electron chi connectivity index (χ2n) is 5.09. The molecule has 1 rings (SSSR count). The Hall–Kier alpha value is -1.09. The van der Waals surface area contributed by atoms with Gasteiger partial charge in [-0.3, -0.25) is 4.90 Å². The predicted molar refractivity (Wildman–Crippen MR) is 75.9 cm³/mol. The van der Waals surface area contributed by atoms with Gasteiger partial charge in [0.1, 0.15) is 0 Å². The number of hydrogen-bond donors (Lipinski definition) is 1. The molecule has 2 N–H and O–H groups in total. The normalized spacial score (nSPS) is 11.4. The zero-order valence-corrected chi connectivity index (χ0v) is 11.7. The number of unbranched alkanes of at least 4 members (excludes halogenated alkanes) is 2. The average molecular weight is 252 g/mol. The highest BCUT2D eigenvalue weighted by Gasteiger charge is 2.13. The van der Waals surface area contributed by atoms with Crippen LogP contribution in [0.2, 0.25) is 0 Å². The van der Waals surface area contributed by atoms with Gasteiger partial charge in [-0.25, -0.2) is 4.39 Å². The van der Waals surface area contributed by atoms with Gasteiger partial charge in [-0.2, -0.15) is 0 Å². The van der Waals surface area contributed by atoms with Gasteiger partial charge in [-0.1, -0.05) is 31.9 Å². The molecule has 0 heterocycles. The minimum atomic E-state index is -0.265. The number of anilines is 1. The standard InChI is InChI=1S/C15H25FN2/c1-4-5-6-10-18(12(2)3)11-13-8-7-9-14(17)15(13)16/h7-9,12H,4-6,10-11,17H2,1-3H3. The molecular formula is C15H25FN2. The predicted octanol–water partition coefficient (Wildman–Crippen LogP) is 3.81. The van der Waals surface area contributed by atoms with Gasteiger partial charge in [-0.15, -0.1) is 0 Å². The quantitative estimate of drug-likeness (QED) is 0.590. The summed E-state index contributed by atoms with van der Waals surface area (Å²) in [6.07, 6.45) is 3.60. The summed E-state index contributed by atoms with van der Waals surface area (Å²) in [6.45, 7) is 8.14. The highest BCUT2D eigenvalue weighted by atomic mass is 19.1. The zero-order chi connectivity index (χ0) is 13.5. The van der Waals surface area contributed by atoms with Crippen molar-refractivity contribution in [3.8, 4) is 0 Å². The number of hydrogen-bond acceptors (Lipinski definition) is 2. The number of rotatable bonds is 7. The van der Waals surface area contributed by atoms with Gasteiger partial charge in [0, 0.05) is 18.2 Å². The molecule has 0 aromatic heterocycles. The fourth-order valence-corrected chi connectivity index (χ4v) is 2.03. The van der Waals surface area contributed by atoms with Gasteiger partial charge in [-0.05, 0) is 32.9 Å². The minimum absolute atomic E-state index is 0.241. The van der Waals surface area contributed by atoms with Crippen molar-refractivity contribution in [2.24, 2.45) is 0 Å². The van der Waals surface area contributed by atoms with Crippen LogP contribution in [-0.4, -0.2) is 17.5 Å². The molecule has 0 bridgehead atoms. The summed E-state index contributed by atoms with van der Waals surface area (Å²) in [4.78, 5) is 2.30. The average Bonchev–Trinajstić information content (AvgIpc) is 2.33. The van der Waals surface area contributed by atoms with Crippen LogP contribution < -0.4 is 5.73 Å². The Bertz CT molecular complexity index is 364. The van der Waals surface area contributed by atoms with Crippen molar-refractivity contribution in [2.45, 2.75) is 52.6 Å². The maximum absolute atomic E-state index is 13.9. The summed E-state index contributed by atoms with van der Waals surface area (Å²) >= 11 is 0. The molecule has 0 aliphatic rings. The van der Waals surface area contributed by atoms with Crippen LogP contribution in [0.25, 0.3) is 0 Å². The fourth-order valence-electron chi connectivity index (χ4n) is 2.03. The first-order valence-corrected chi connectivity index (χ1v) is 6.83. The Morgan fingerprint density at radius 1 is 1.28 bits per heavy atom. The molecule has 0 spiro atoms. The lowest BCUT2D eigenvalue weighted by molar-refractivity contribution is 0.206. The van der Waals surface area contributed by atoms with E-state index in [0.717, 1.165) is 6.54 Å². The Morgan fingerprint density at radius 2 is 2.00 bits per heavy atom. The highest BCUT2D eigenvalue weighted by Crippen LogP contribution is 2.18. The monoisotopic (exact) mass is 252 g/mol. The molecule has 0 unspecified atom stereocenters. The number of benzene rings is 1. The van der Waals surface area contributed by atoms with Crippen LogP contribution in [0.1, 0.15) is 45.6 Å². The van der Waals surface area contributed by atoms with Crippen LogP contribution in [0.15, 0.2) is 18.2 Å². The smallest absolute Gasteiger partial charge is 0.150 e. The summed E-state index contributed by atoms with van der Waals surface area (Å²) in [7, 11) is 0. The summed E-state index contributed by atoms with van der Waals surface area (Å²) in [5, 5.41) is 0. The molecule has 0 amide bonds. The molecule has 0 atom stereocenters. The molecule has 0 aliphatic heterocycles. The Kier molecular flexibility index (Phi) is 6.13. The molecule has 102 valence electrons. The Morgan fingerprint density at radius 3 is 2.61 bits per heavy atom. The van der Waals surface area contributed by atoms with Crippen molar-refractivity contribution in [3.63, 3.8) is 0 Å². The van der Waals surface area contributed by atoms with Gasteiger partial charge in [0.2, 0.25) is 0 Å². The van der Waals surface area contributed by atoms with Crippen molar-refractivity contribution in [2.75, 3.05) is 12.3 Å². The fraction of sp³-hybridized carbons (Fsp3) is 0.600. The van der Waals surface area contributed by atoms with E-state index in [9.17, 15) is 4.39 Å². The van der Waals surface area contributed by atoms with E-state index in [1.54, 1.807) is 6.07 Å². The zero-order valence-electron chi connectivity index (χ0n) is 11.7. The van der Waals surface area contributed by atoms with Crippen molar-refractivity contribution >= 4 is 5.69 Å². The third-order valence-electron chi connectivity index (χ3n) is 3.26. The number of nitrogens with two attached hydrogens (primary N) is 1. The van der Waals surface area contributed by atoms with Crippen LogP contribution in [0.5, 0.6) is 0 Å². The molecule has 0 fully saturated rings. The largest absolute Gasteiger partial charge is 0.396 e. The summed E-state index contributed by atoms with van der Waals surface area (Å²) in [5.74, 6) is -0.265. The molecule has 1 aromatic carbocycles. The van der Waals surface area contributed by atoms with E-state index in [-0.39, 0.29) is 11.5 Å². The van der Waals surface area contributed by atoms with Gasteiger partial charge < -0.3 is 5.73 Å². The van der Waals surface area contributed by atoms with Crippen LogP contribution in [-0.2, 0) is 6.54 Å². The van der Waals surface area contributed by atoms with Crippen LogP contribution in [0.3, 0.4) is 0 Å². The maximum Gasteiger partial charge on any atom is 0.150 e. The van der Waals surface area contributed by atoms with E-state index in [0.29, 0.717) is 18.2 Å². The van der Waals surface area contributed by atoms with Gasteiger partial charge in [0.15, 0.2) is 5.82 Å². The number of nitrogen functional groups attached to an aromatic ring is 1. The van der Waals surface area contributed by atoms with Crippen molar-refractivity contribution < 1.29 is 4.39 Å². The van der Waals surface area contributed by atoms with Gasteiger partial charge in [0.05, 0.1) is 5.69 Å². The van der Waals surface area contributed by atoms with Crippen molar-refractivity contribution in [1.82, 2.24) is 4.90 Å². The Labute approximate surface area is 110 Å². The second kappa shape index (κ2) is 7.37. The van der Waals surface area contributed by atoms with E-state index >= 15 is 0 Å². The van der Waals surface area contributed by atoms with E-state index in [1.165, 1.54) is 19.3 Å². The minimum Gasteiger partial charge on any atom is -0.396 e. The summed E-state index contributed by atoms with van der Waals surface area (Å²) in [5.41, 5.74) is 6.54. The van der Waals surface area contributed by atoms with Gasteiger partial charge in [0.25, 0.3) is 0 Å². The molecule has 3 heteroatoms. The third kappa shape index (κ3) is 4.30. The summed E-state index contributed by atoms with van der Waals surface area (Å²) in [6, 6.07) is 5.66. The van der Waals surface area contributed by atoms with Crippen LogP contribution in [0, 0.1) is 5.82 Å². The van der Waals surface area contributed by atoms with Crippen molar-refractivity contribution in [1.29, 1.82) is 0 Å². The second-order valence-corrected chi connectivity index (χ2v) is 5.09. The molecule has 1 aromatic rings. The SMILES string of the molecule is CCCCCN(Cc1cccc(N)c1F)C(C)C. The van der Waals surface area contributed by atoms with Crippen LogP contribution in [0.4, 0.5) is 10.1 Å². The Balaban J connectivity index is 2.68. The van der Waals surface area contributed by atoms with Gasteiger partial charge >= 0.3 is 0 Å². The molecule has 18 heavy (non-hydrogen) atoms. The highest BCUT2D eigenvalue weighted by molar-refractivity contribution is 5.42. The molecule has 0 saturated carbocycles. The molecule has 0 aliphatic carbocycles. The number of halogens is 1. The molecule has 0 saturated heterocycles. The molecule has 0 radical (unpaired) electrons. The third-order valence-corrected chi connectivity index (χ3v) is 3.26. The van der Waals surface area contributed by atoms with E-state index in [4.69, 9.17) is 5.73 Å². The van der Waals surface area contributed by atoms with Crippen molar-refractivity contribution in [3.05, 3.63) is 29.6 Å². The lowest BCUT2D eigenvalue weighted by Gasteiger charge is -2.26.